The molecule has 1 fully saturated rings. The summed E-state index contributed by atoms with van der Waals surface area (Å²) in [6, 6.07) is 19.6. The Morgan fingerprint density at radius 1 is 0.906 bits per heavy atom. The van der Waals surface area contributed by atoms with Gasteiger partial charge in [0.15, 0.2) is 0 Å². The highest BCUT2D eigenvalue weighted by atomic mass is 79.9. The van der Waals surface area contributed by atoms with Crippen molar-refractivity contribution in [3.05, 3.63) is 86.7 Å². The number of halogens is 1. The van der Waals surface area contributed by atoms with Gasteiger partial charge in [-0.2, -0.15) is 5.10 Å². The van der Waals surface area contributed by atoms with E-state index in [1.165, 1.54) is 5.69 Å². The lowest BCUT2D eigenvalue weighted by Crippen LogP contribution is -2.47. The van der Waals surface area contributed by atoms with Crippen LogP contribution in [0.4, 0.5) is 5.69 Å². The Bertz CT molecular complexity index is 1100. The summed E-state index contributed by atoms with van der Waals surface area (Å²) in [5.74, 6) is 0.874. The van der Waals surface area contributed by atoms with Gasteiger partial charge >= 0.3 is 0 Å². The molecule has 32 heavy (non-hydrogen) atoms. The van der Waals surface area contributed by atoms with Crippen molar-refractivity contribution in [2.45, 2.75) is 6.54 Å². The van der Waals surface area contributed by atoms with Crippen LogP contribution in [0, 0.1) is 0 Å². The number of hydrogen-bond acceptors (Lipinski definition) is 5. The highest BCUT2D eigenvalue weighted by Gasteiger charge is 2.17. The van der Waals surface area contributed by atoms with Crippen LogP contribution < -0.4 is 15.2 Å². The fourth-order valence-electron chi connectivity index (χ4n) is 3.73. The lowest BCUT2D eigenvalue weighted by atomic mass is 10.2. The number of anilines is 1. The second kappa shape index (κ2) is 10.6. The topological polar surface area (TPSA) is 50.6 Å². The second-order valence-electron chi connectivity index (χ2n) is 7.73. The normalized spacial score (nSPS) is 14.8. The minimum Gasteiger partial charge on any atom is -0.497 e. The molecule has 0 aliphatic carbocycles. The van der Waals surface area contributed by atoms with E-state index in [4.69, 9.17) is 4.74 Å². The zero-order chi connectivity index (χ0) is 22.3. The number of nitrogens with zero attached hydrogens (tertiary/aromatic N) is 4. The van der Waals surface area contributed by atoms with Crippen LogP contribution in [0.25, 0.3) is 12.2 Å². The molecule has 0 N–H and O–H groups in total. The van der Waals surface area contributed by atoms with Crippen molar-refractivity contribution in [1.82, 2.24) is 14.7 Å². The number of ether oxygens (including phenoxy) is 1. The third-order valence-electron chi connectivity index (χ3n) is 5.64. The van der Waals surface area contributed by atoms with Gasteiger partial charge in [-0.15, -0.1) is 0 Å². The van der Waals surface area contributed by atoms with Crippen LogP contribution in [0.5, 0.6) is 5.75 Å². The van der Waals surface area contributed by atoms with Crippen molar-refractivity contribution in [2.24, 2.45) is 0 Å². The Labute approximate surface area is 196 Å². The van der Waals surface area contributed by atoms with E-state index in [2.05, 4.69) is 43.0 Å². The number of rotatable bonds is 7. The molecule has 0 saturated carbocycles. The third-order valence-corrected chi connectivity index (χ3v) is 6.17. The molecular formula is C25H27BrN4O2. The van der Waals surface area contributed by atoms with Gasteiger partial charge in [0.05, 0.1) is 19.3 Å². The summed E-state index contributed by atoms with van der Waals surface area (Å²) >= 11 is 3.44. The lowest BCUT2D eigenvalue weighted by molar-refractivity contribution is 0.242. The summed E-state index contributed by atoms with van der Waals surface area (Å²) in [6.45, 7) is 5.24. The molecule has 2 heterocycles. The van der Waals surface area contributed by atoms with Crippen LogP contribution in [0.15, 0.2) is 69.9 Å². The maximum absolute atomic E-state index is 12.3. The van der Waals surface area contributed by atoms with Crippen molar-refractivity contribution in [3.63, 3.8) is 0 Å². The van der Waals surface area contributed by atoms with Crippen LogP contribution in [0.1, 0.15) is 11.3 Å². The molecule has 0 unspecified atom stereocenters. The SMILES string of the molecule is COc1ccc(N2CCN(CCn3nc(C=Cc4ccc(Br)cc4)ccc3=O)CC2)cc1. The first-order chi connectivity index (χ1) is 15.6. The van der Waals surface area contributed by atoms with Crippen molar-refractivity contribution < 1.29 is 4.74 Å². The van der Waals surface area contributed by atoms with Crippen molar-refractivity contribution >= 4 is 33.8 Å². The van der Waals surface area contributed by atoms with Gasteiger partial charge < -0.3 is 9.64 Å². The van der Waals surface area contributed by atoms with E-state index in [0.29, 0.717) is 6.54 Å². The Balaban J connectivity index is 1.31. The molecule has 3 aromatic rings. The first kappa shape index (κ1) is 22.3. The summed E-state index contributed by atoms with van der Waals surface area (Å²) in [5, 5.41) is 4.53. The molecule has 1 aliphatic rings. The maximum atomic E-state index is 12.3. The molecule has 166 valence electrons. The predicted molar refractivity (Wildman–Crippen MR) is 133 cm³/mol. The van der Waals surface area contributed by atoms with Gasteiger partial charge in [-0.25, -0.2) is 4.68 Å². The fraction of sp³-hybridized carbons (Fsp3) is 0.280. The minimum atomic E-state index is -0.0670. The summed E-state index contributed by atoms with van der Waals surface area (Å²) < 4.78 is 7.86. The number of methoxy groups -OCH3 is 1. The van der Waals surface area contributed by atoms with E-state index in [1.807, 2.05) is 48.6 Å². The smallest absolute Gasteiger partial charge is 0.266 e. The molecule has 7 heteroatoms. The van der Waals surface area contributed by atoms with Crippen LogP contribution >= 0.6 is 15.9 Å². The van der Waals surface area contributed by atoms with Crippen LogP contribution in [-0.2, 0) is 6.54 Å². The van der Waals surface area contributed by atoms with E-state index in [0.717, 1.165) is 54.2 Å². The predicted octanol–water partition coefficient (Wildman–Crippen LogP) is 4.01. The van der Waals surface area contributed by atoms with E-state index >= 15 is 0 Å². The summed E-state index contributed by atoms with van der Waals surface area (Å²) in [6.07, 6.45) is 3.94. The number of benzene rings is 2. The highest BCUT2D eigenvalue weighted by molar-refractivity contribution is 9.10. The maximum Gasteiger partial charge on any atom is 0.266 e. The standard InChI is InChI=1S/C25H27BrN4O2/c1-32-24-11-9-23(10-12-24)29-17-14-28(15-18-29)16-19-30-25(31)13-8-22(27-30)7-4-20-2-5-21(26)6-3-20/h2-13H,14-19H2,1H3. The van der Waals surface area contributed by atoms with Gasteiger partial charge in [0.1, 0.15) is 5.75 Å². The van der Waals surface area contributed by atoms with Gasteiger partial charge in [-0.1, -0.05) is 34.1 Å². The zero-order valence-corrected chi connectivity index (χ0v) is 19.7. The molecule has 1 aromatic heterocycles. The molecule has 0 amide bonds. The molecule has 0 radical (unpaired) electrons. The van der Waals surface area contributed by atoms with E-state index in [1.54, 1.807) is 23.9 Å². The molecular weight excluding hydrogens is 468 g/mol. The van der Waals surface area contributed by atoms with Crippen LogP contribution in [0.3, 0.4) is 0 Å². The van der Waals surface area contributed by atoms with Gasteiger partial charge in [-0.3, -0.25) is 9.69 Å². The lowest BCUT2D eigenvalue weighted by Gasteiger charge is -2.36. The van der Waals surface area contributed by atoms with E-state index < -0.39 is 0 Å². The van der Waals surface area contributed by atoms with Crippen LogP contribution in [-0.4, -0.2) is 54.5 Å². The van der Waals surface area contributed by atoms with Crippen molar-refractivity contribution in [3.8, 4) is 5.75 Å². The Morgan fingerprint density at radius 2 is 1.62 bits per heavy atom. The van der Waals surface area contributed by atoms with Crippen molar-refractivity contribution in [2.75, 3.05) is 44.7 Å². The average Bonchev–Trinajstić information content (AvgIpc) is 2.84. The summed E-state index contributed by atoms with van der Waals surface area (Å²) in [5.41, 5.74) is 3.01. The second-order valence-corrected chi connectivity index (χ2v) is 8.65. The molecule has 1 saturated heterocycles. The molecule has 0 spiro atoms. The van der Waals surface area contributed by atoms with Gasteiger partial charge in [0, 0.05) is 49.0 Å². The van der Waals surface area contributed by atoms with Gasteiger partial charge in [-0.05, 0) is 54.1 Å². The third kappa shape index (κ3) is 5.87. The highest BCUT2D eigenvalue weighted by Crippen LogP contribution is 2.20. The van der Waals surface area contributed by atoms with E-state index in [-0.39, 0.29) is 5.56 Å². The first-order valence-corrected chi connectivity index (χ1v) is 11.5. The molecule has 6 nitrogen and oxygen atoms in total. The monoisotopic (exact) mass is 494 g/mol. The first-order valence-electron chi connectivity index (χ1n) is 10.7. The number of aromatic nitrogens is 2. The van der Waals surface area contributed by atoms with Gasteiger partial charge in [0.25, 0.3) is 5.56 Å². The molecule has 0 atom stereocenters. The average molecular weight is 495 g/mol. The zero-order valence-electron chi connectivity index (χ0n) is 18.2. The fourth-order valence-corrected chi connectivity index (χ4v) is 3.99. The summed E-state index contributed by atoms with van der Waals surface area (Å²) in [7, 11) is 1.68. The minimum absolute atomic E-state index is 0.0670. The van der Waals surface area contributed by atoms with Gasteiger partial charge in [0.2, 0.25) is 0 Å². The summed E-state index contributed by atoms with van der Waals surface area (Å²) in [4.78, 5) is 17.0. The van der Waals surface area contributed by atoms with Crippen LogP contribution in [0.2, 0.25) is 0 Å². The molecule has 1 aliphatic heterocycles. The number of piperazine rings is 1. The largest absolute Gasteiger partial charge is 0.497 e. The van der Waals surface area contributed by atoms with E-state index in [9.17, 15) is 4.79 Å². The Morgan fingerprint density at radius 3 is 2.31 bits per heavy atom. The van der Waals surface area contributed by atoms with Crippen molar-refractivity contribution in [1.29, 1.82) is 0 Å². The molecule has 0 bridgehead atoms. The number of hydrogen-bond donors (Lipinski definition) is 0. The molecule has 4 rings (SSSR count). The Hall–Kier alpha value is -2.90. The molecule has 2 aromatic carbocycles. The quantitative estimate of drug-likeness (QED) is 0.496. The Kier molecular flexibility index (Phi) is 7.39.